The molecule has 0 amide bonds. The van der Waals surface area contributed by atoms with Crippen molar-refractivity contribution in [3.05, 3.63) is 152 Å². The van der Waals surface area contributed by atoms with E-state index in [9.17, 15) is 0 Å². The first-order chi connectivity index (χ1) is 21.3. The van der Waals surface area contributed by atoms with Crippen LogP contribution in [0.15, 0.2) is 156 Å². The first-order valence-electron chi connectivity index (χ1n) is 14.5. The smallest absolute Gasteiger partial charge is 0.159 e. The van der Waals surface area contributed by atoms with Crippen molar-refractivity contribution in [2.24, 2.45) is 0 Å². The fraction of sp³-hybridized carbons (Fsp3) is 0. The van der Waals surface area contributed by atoms with E-state index in [1.165, 1.54) is 42.1 Å². The largest absolute Gasteiger partial charge is 0.454 e. The van der Waals surface area contributed by atoms with Crippen LogP contribution in [0.4, 0.5) is 17.1 Å². The van der Waals surface area contributed by atoms with Gasteiger partial charge in [0.15, 0.2) is 5.58 Å². The van der Waals surface area contributed by atoms with E-state index in [0.717, 1.165) is 39.0 Å². The summed E-state index contributed by atoms with van der Waals surface area (Å²) in [7, 11) is 0. The Hall–Kier alpha value is -5.38. The van der Waals surface area contributed by atoms with Crippen LogP contribution in [0, 0.1) is 0 Å². The second kappa shape index (κ2) is 9.59. The first kappa shape index (κ1) is 24.2. The third-order valence-electron chi connectivity index (χ3n) is 8.44. The SMILES string of the molecule is c1ccc(-c2ccc(N(c3cccc4c3oc3cc5ccccc5cc34)c3cccc4c3sc3ccccc34)cc2)cc1. The van der Waals surface area contributed by atoms with E-state index in [1.54, 1.807) is 0 Å². The molecule has 0 aliphatic carbocycles. The van der Waals surface area contributed by atoms with E-state index in [-0.39, 0.29) is 0 Å². The summed E-state index contributed by atoms with van der Waals surface area (Å²) in [4.78, 5) is 2.37. The average Bonchev–Trinajstić information content (AvgIpc) is 3.63. The Morgan fingerprint density at radius 3 is 1.95 bits per heavy atom. The van der Waals surface area contributed by atoms with Gasteiger partial charge in [0, 0.05) is 31.9 Å². The lowest BCUT2D eigenvalue weighted by Crippen LogP contribution is -2.10. The Morgan fingerprint density at radius 2 is 1.12 bits per heavy atom. The third kappa shape index (κ3) is 3.86. The van der Waals surface area contributed by atoms with Crippen molar-refractivity contribution in [1.82, 2.24) is 0 Å². The Bertz CT molecular complexity index is 2450. The summed E-state index contributed by atoms with van der Waals surface area (Å²) < 4.78 is 9.29. The van der Waals surface area contributed by atoms with Crippen LogP contribution in [0.5, 0.6) is 0 Å². The average molecular weight is 568 g/mol. The minimum Gasteiger partial charge on any atom is -0.454 e. The topological polar surface area (TPSA) is 16.4 Å². The molecule has 0 saturated carbocycles. The van der Waals surface area contributed by atoms with Crippen molar-refractivity contribution in [3.8, 4) is 11.1 Å². The van der Waals surface area contributed by atoms with Gasteiger partial charge in [-0.05, 0) is 64.4 Å². The maximum absolute atomic E-state index is 6.74. The minimum atomic E-state index is 0.887. The first-order valence-corrected chi connectivity index (χ1v) is 15.3. The fourth-order valence-electron chi connectivity index (χ4n) is 6.39. The molecule has 202 valence electrons. The van der Waals surface area contributed by atoms with Crippen molar-refractivity contribution in [1.29, 1.82) is 0 Å². The molecule has 43 heavy (non-hydrogen) atoms. The fourth-order valence-corrected chi connectivity index (χ4v) is 7.60. The van der Waals surface area contributed by atoms with E-state index in [4.69, 9.17) is 4.42 Å². The Balaban J connectivity index is 1.32. The molecule has 2 nitrogen and oxygen atoms in total. The standard InChI is InChI=1S/C40H25NOS/c1-2-10-26(11-3-1)27-20-22-30(23-21-27)41(36-18-9-16-33-31-14-6-7-19-38(31)43-40(33)36)35-17-8-15-32-34-24-28-12-4-5-13-29(28)25-37(34)42-39(32)35/h1-25H. The second-order valence-electron chi connectivity index (χ2n) is 11.0. The summed E-state index contributed by atoms with van der Waals surface area (Å²) in [6.07, 6.45) is 0. The lowest BCUT2D eigenvalue weighted by molar-refractivity contribution is 0.669. The molecule has 2 heterocycles. The van der Waals surface area contributed by atoms with Crippen LogP contribution < -0.4 is 4.90 Å². The number of nitrogens with zero attached hydrogens (tertiary/aromatic N) is 1. The van der Waals surface area contributed by atoms with Crippen LogP contribution in [0.1, 0.15) is 0 Å². The molecule has 3 heteroatoms. The molecule has 0 saturated heterocycles. The summed E-state index contributed by atoms with van der Waals surface area (Å²) in [5, 5.41) is 7.21. The zero-order valence-electron chi connectivity index (χ0n) is 23.2. The van der Waals surface area contributed by atoms with Gasteiger partial charge in [0.1, 0.15) is 5.58 Å². The molecule has 7 aromatic carbocycles. The summed E-state index contributed by atoms with van der Waals surface area (Å²) in [5.74, 6) is 0. The molecule has 0 spiro atoms. The molecular formula is C40H25NOS. The number of benzene rings is 7. The van der Waals surface area contributed by atoms with Crippen LogP contribution in [-0.4, -0.2) is 0 Å². The quantitative estimate of drug-likeness (QED) is 0.210. The van der Waals surface area contributed by atoms with Gasteiger partial charge in [0.25, 0.3) is 0 Å². The highest BCUT2D eigenvalue weighted by Crippen LogP contribution is 2.47. The molecular weight excluding hydrogens is 543 g/mol. The van der Waals surface area contributed by atoms with Crippen molar-refractivity contribution in [3.63, 3.8) is 0 Å². The number of thiophene rings is 1. The minimum absolute atomic E-state index is 0.887. The highest BCUT2D eigenvalue weighted by Gasteiger charge is 2.22. The normalized spacial score (nSPS) is 11.7. The van der Waals surface area contributed by atoms with Gasteiger partial charge in [-0.2, -0.15) is 0 Å². The van der Waals surface area contributed by atoms with Gasteiger partial charge >= 0.3 is 0 Å². The predicted molar refractivity (Wildman–Crippen MR) is 184 cm³/mol. The van der Waals surface area contributed by atoms with Crippen molar-refractivity contribution in [2.75, 3.05) is 4.90 Å². The molecule has 9 rings (SSSR count). The second-order valence-corrected chi connectivity index (χ2v) is 12.0. The Morgan fingerprint density at radius 1 is 0.465 bits per heavy atom. The molecule has 2 aromatic heterocycles. The van der Waals surface area contributed by atoms with E-state index < -0.39 is 0 Å². The number of furan rings is 1. The number of para-hydroxylation sites is 1. The summed E-state index contributed by atoms with van der Waals surface area (Å²) in [6, 6.07) is 54.2. The molecule has 0 radical (unpaired) electrons. The van der Waals surface area contributed by atoms with Gasteiger partial charge in [-0.25, -0.2) is 0 Å². The predicted octanol–water partition coefficient (Wildman–Crippen LogP) is 12.2. The van der Waals surface area contributed by atoms with Gasteiger partial charge in [-0.3, -0.25) is 0 Å². The van der Waals surface area contributed by atoms with E-state index >= 15 is 0 Å². The highest BCUT2D eigenvalue weighted by atomic mass is 32.1. The van der Waals surface area contributed by atoms with Gasteiger partial charge in [0.2, 0.25) is 0 Å². The van der Waals surface area contributed by atoms with Crippen molar-refractivity contribution >= 4 is 81.3 Å². The summed E-state index contributed by atoms with van der Waals surface area (Å²) >= 11 is 1.85. The van der Waals surface area contributed by atoms with Gasteiger partial charge < -0.3 is 9.32 Å². The maximum atomic E-state index is 6.74. The van der Waals surface area contributed by atoms with Gasteiger partial charge in [-0.1, -0.05) is 109 Å². The molecule has 9 aromatic rings. The van der Waals surface area contributed by atoms with Crippen LogP contribution in [-0.2, 0) is 0 Å². The van der Waals surface area contributed by atoms with Crippen LogP contribution in [0.2, 0.25) is 0 Å². The molecule has 0 atom stereocenters. The van der Waals surface area contributed by atoms with E-state index in [1.807, 2.05) is 11.3 Å². The summed E-state index contributed by atoms with van der Waals surface area (Å²) in [5.41, 5.74) is 7.44. The third-order valence-corrected chi connectivity index (χ3v) is 9.65. The maximum Gasteiger partial charge on any atom is 0.159 e. The van der Waals surface area contributed by atoms with Crippen molar-refractivity contribution in [2.45, 2.75) is 0 Å². The molecule has 0 aliphatic rings. The van der Waals surface area contributed by atoms with Gasteiger partial charge in [-0.15, -0.1) is 11.3 Å². The Kier molecular flexibility index (Phi) is 5.40. The van der Waals surface area contributed by atoms with Crippen molar-refractivity contribution < 1.29 is 4.42 Å². The monoisotopic (exact) mass is 567 g/mol. The Labute approximate surface area is 252 Å². The van der Waals surface area contributed by atoms with E-state index in [2.05, 4.69) is 157 Å². The number of hydrogen-bond donors (Lipinski definition) is 0. The zero-order chi connectivity index (χ0) is 28.3. The number of hydrogen-bond acceptors (Lipinski definition) is 3. The number of rotatable bonds is 4. The molecule has 0 N–H and O–H groups in total. The lowest BCUT2D eigenvalue weighted by atomic mass is 10.0. The molecule has 0 fully saturated rings. The van der Waals surface area contributed by atoms with Crippen LogP contribution in [0.25, 0.3) is 64.0 Å². The number of anilines is 3. The summed E-state index contributed by atoms with van der Waals surface area (Å²) in [6.45, 7) is 0. The molecule has 0 aliphatic heterocycles. The number of fused-ring (bicyclic) bond motifs is 7. The van der Waals surface area contributed by atoms with Crippen LogP contribution in [0.3, 0.4) is 0 Å². The van der Waals surface area contributed by atoms with E-state index in [0.29, 0.717) is 0 Å². The molecule has 0 bridgehead atoms. The lowest BCUT2D eigenvalue weighted by Gasteiger charge is -2.26. The zero-order valence-corrected chi connectivity index (χ0v) is 24.0. The molecule has 0 unspecified atom stereocenters. The van der Waals surface area contributed by atoms with Gasteiger partial charge in [0.05, 0.1) is 16.1 Å². The highest BCUT2D eigenvalue weighted by molar-refractivity contribution is 7.26. The van der Waals surface area contributed by atoms with Crippen LogP contribution >= 0.6 is 11.3 Å².